The van der Waals surface area contributed by atoms with Crippen LogP contribution >= 0.6 is 11.3 Å². The first-order chi connectivity index (χ1) is 12.7. The van der Waals surface area contributed by atoms with Crippen molar-refractivity contribution >= 4 is 17.2 Å². The molecule has 1 fully saturated rings. The van der Waals surface area contributed by atoms with Crippen molar-refractivity contribution in [2.24, 2.45) is 0 Å². The van der Waals surface area contributed by atoms with Crippen LogP contribution in [0.3, 0.4) is 0 Å². The summed E-state index contributed by atoms with van der Waals surface area (Å²) in [5, 5.41) is 5.16. The highest BCUT2D eigenvalue weighted by atomic mass is 32.1. The molecule has 1 amide bonds. The summed E-state index contributed by atoms with van der Waals surface area (Å²) in [6.45, 7) is 4.33. The molecule has 2 aromatic rings. The molecule has 6 heteroatoms. The highest BCUT2D eigenvalue weighted by molar-refractivity contribution is 7.12. The summed E-state index contributed by atoms with van der Waals surface area (Å²) in [6, 6.07) is 8.14. The summed E-state index contributed by atoms with van der Waals surface area (Å²) in [7, 11) is 0. The fourth-order valence-electron chi connectivity index (χ4n) is 3.70. The Kier molecular flexibility index (Phi) is 4.87. The van der Waals surface area contributed by atoms with E-state index in [-0.39, 0.29) is 18.1 Å². The van der Waals surface area contributed by atoms with Gasteiger partial charge in [0.1, 0.15) is 0 Å². The molecule has 138 valence electrons. The highest BCUT2D eigenvalue weighted by Gasteiger charge is 2.36. The zero-order valence-corrected chi connectivity index (χ0v) is 15.7. The number of thiophene rings is 1. The van der Waals surface area contributed by atoms with Crippen LogP contribution in [0.1, 0.15) is 40.6 Å². The van der Waals surface area contributed by atoms with Gasteiger partial charge in [0.25, 0.3) is 5.91 Å². The van der Waals surface area contributed by atoms with Crippen LogP contribution in [0.5, 0.6) is 11.5 Å². The molecule has 1 N–H and O–H groups in total. The molecule has 0 aliphatic carbocycles. The Morgan fingerprint density at radius 1 is 1.19 bits per heavy atom. The number of aryl methyl sites for hydroxylation is 1. The standard InChI is InChI=1S/C20H23NO4S/c1-2-14-5-10-26-18(14)19(22)21-12-20(6-8-23-9-7-20)15-3-4-16-17(11-15)25-13-24-16/h3-5,10-11H,2,6-9,12-13H2,1H3,(H,21,22). The molecule has 0 bridgehead atoms. The molecule has 2 aliphatic rings. The molecular weight excluding hydrogens is 350 g/mol. The molecule has 0 saturated carbocycles. The van der Waals surface area contributed by atoms with E-state index in [1.165, 1.54) is 16.9 Å². The van der Waals surface area contributed by atoms with E-state index >= 15 is 0 Å². The summed E-state index contributed by atoms with van der Waals surface area (Å²) in [5.74, 6) is 1.58. The van der Waals surface area contributed by atoms with Crippen molar-refractivity contribution in [3.8, 4) is 11.5 Å². The second-order valence-electron chi connectivity index (χ2n) is 6.77. The first-order valence-electron chi connectivity index (χ1n) is 9.04. The van der Waals surface area contributed by atoms with E-state index in [9.17, 15) is 4.79 Å². The number of hydrogen-bond donors (Lipinski definition) is 1. The molecule has 0 atom stereocenters. The number of amides is 1. The van der Waals surface area contributed by atoms with Crippen LogP contribution in [-0.2, 0) is 16.6 Å². The number of carbonyl (C=O) groups is 1. The third kappa shape index (κ3) is 3.19. The second kappa shape index (κ2) is 7.29. The number of fused-ring (bicyclic) bond motifs is 1. The van der Waals surface area contributed by atoms with Crippen molar-refractivity contribution in [1.82, 2.24) is 5.32 Å². The van der Waals surface area contributed by atoms with E-state index < -0.39 is 0 Å². The molecule has 2 aliphatic heterocycles. The SMILES string of the molecule is CCc1ccsc1C(=O)NCC1(c2ccc3c(c2)OCO3)CCOCC1. The van der Waals surface area contributed by atoms with E-state index in [1.54, 1.807) is 0 Å². The van der Waals surface area contributed by atoms with Crippen molar-refractivity contribution in [1.29, 1.82) is 0 Å². The van der Waals surface area contributed by atoms with Gasteiger partial charge in [0.05, 0.1) is 4.88 Å². The normalized spacial score (nSPS) is 17.9. The third-order valence-corrected chi connectivity index (χ3v) is 6.31. The Morgan fingerprint density at radius 3 is 2.81 bits per heavy atom. The molecule has 0 spiro atoms. The lowest BCUT2D eigenvalue weighted by atomic mass is 9.74. The summed E-state index contributed by atoms with van der Waals surface area (Å²) in [5.41, 5.74) is 2.14. The van der Waals surface area contributed by atoms with Crippen molar-refractivity contribution in [3.05, 3.63) is 45.6 Å². The topological polar surface area (TPSA) is 56.8 Å². The van der Waals surface area contributed by atoms with Gasteiger partial charge >= 0.3 is 0 Å². The van der Waals surface area contributed by atoms with Gasteiger partial charge in [-0.1, -0.05) is 13.0 Å². The van der Waals surface area contributed by atoms with Gasteiger partial charge in [-0.05, 0) is 54.0 Å². The predicted octanol–water partition coefficient (Wildman–Crippen LogP) is 3.52. The van der Waals surface area contributed by atoms with E-state index in [0.29, 0.717) is 19.8 Å². The summed E-state index contributed by atoms with van der Waals surface area (Å²) >= 11 is 1.51. The second-order valence-corrected chi connectivity index (χ2v) is 7.69. The van der Waals surface area contributed by atoms with E-state index in [2.05, 4.69) is 24.4 Å². The molecule has 5 nitrogen and oxygen atoms in total. The number of ether oxygens (including phenoxy) is 3. The largest absolute Gasteiger partial charge is 0.454 e. The fraction of sp³-hybridized carbons (Fsp3) is 0.450. The first-order valence-corrected chi connectivity index (χ1v) is 9.92. The van der Waals surface area contributed by atoms with Gasteiger partial charge in [-0.3, -0.25) is 4.79 Å². The lowest BCUT2D eigenvalue weighted by Crippen LogP contribution is -2.44. The highest BCUT2D eigenvalue weighted by Crippen LogP contribution is 2.40. The maximum Gasteiger partial charge on any atom is 0.261 e. The summed E-state index contributed by atoms with van der Waals surface area (Å²) in [6.07, 6.45) is 2.61. The molecule has 4 rings (SSSR count). The molecule has 1 aromatic heterocycles. The Balaban J connectivity index is 1.56. The Bertz CT molecular complexity index is 795. The predicted molar refractivity (Wildman–Crippen MR) is 100 cm³/mol. The van der Waals surface area contributed by atoms with Gasteiger partial charge in [0.15, 0.2) is 11.5 Å². The van der Waals surface area contributed by atoms with Gasteiger partial charge in [0, 0.05) is 25.2 Å². The molecule has 1 saturated heterocycles. The molecule has 0 radical (unpaired) electrons. The monoisotopic (exact) mass is 373 g/mol. The van der Waals surface area contributed by atoms with Gasteiger partial charge in [0.2, 0.25) is 6.79 Å². The Hall–Kier alpha value is -2.05. The maximum absolute atomic E-state index is 12.7. The van der Waals surface area contributed by atoms with Crippen molar-refractivity contribution < 1.29 is 19.0 Å². The van der Waals surface area contributed by atoms with Crippen molar-refractivity contribution in [2.75, 3.05) is 26.6 Å². The van der Waals surface area contributed by atoms with Gasteiger partial charge in [-0.2, -0.15) is 0 Å². The number of carbonyl (C=O) groups excluding carboxylic acids is 1. The Morgan fingerprint density at radius 2 is 2.00 bits per heavy atom. The van der Waals surface area contributed by atoms with Gasteiger partial charge < -0.3 is 19.5 Å². The average Bonchev–Trinajstić information content (AvgIpc) is 3.35. The molecule has 1 aromatic carbocycles. The van der Waals surface area contributed by atoms with Crippen molar-refractivity contribution in [3.63, 3.8) is 0 Å². The third-order valence-electron chi connectivity index (χ3n) is 5.36. The minimum Gasteiger partial charge on any atom is -0.454 e. The minimum absolute atomic E-state index is 0.0171. The molecule has 3 heterocycles. The van der Waals surface area contributed by atoms with Crippen LogP contribution in [0.2, 0.25) is 0 Å². The lowest BCUT2D eigenvalue weighted by molar-refractivity contribution is 0.0487. The first kappa shape index (κ1) is 17.4. The maximum atomic E-state index is 12.7. The average molecular weight is 373 g/mol. The van der Waals surface area contributed by atoms with E-state index in [1.807, 2.05) is 17.5 Å². The zero-order chi connectivity index (χ0) is 18.0. The smallest absolute Gasteiger partial charge is 0.261 e. The molecule has 0 unspecified atom stereocenters. The Labute approximate surface area is 157 Å². The van der Waals surface area contributed by atoms with Crippen LogP contribution in [0.4, 0.5) is 0 Å². The number of nitrogens with one attached hydrogen (secondary N) is 1. The minimum atomic E-state index is -0.140. The molecule has 26 heavy (non-hydrogen) atoms. The van der Waals surface area contributed by atoms with E-state index in [4.69, 9.17) is 14.2 Å². The van der Waals surface area contributed by atoms with Crippen LogP contribution in [0.15, 0.2) is 29.6 Å². The quantitative estimate of drug-likeness (QED) is 0.871. The summed E-state index contributed by atoms with van der Waals surface area (Å²) in [4.78, 5) is 13.5. The number of benzene rings is 1. The van der Waals surface area contributed by atoms with Crippen LogP contribution in [0.25, 0.3) is 0 Å². The van der Waals surface area contributed by atoms with Crippen LogP contribution in [-0.4, -0.2) is 32.5 Å². The van der Waals surface area contributed by atoms with Crippen molar-refractivity contribution in [2.45, 2.75) is 31.6 Å². The fourth-order valence-corrected chi connectivity index (χ4v) is 4.61. The lowest BCUT2D eigenvalue weighted by Gasteiger charge is -2.38. The number of hydrogen-bond acceptors (Lipinski definition) is 5. The molecular formula is C20H23NO4S. The zero-order valence-electron chi connectivity index (χ0n) is 14.9. The van der Waals surface area contributed by atoms with Gasteiger partial charge in [-0.25, -0.2) is 0 Å². The van der Waals surface area contributed by atoms with Crippen LogP contribution < -0.4 is 14.8 Å². The number of rotatable bonds is 5. The van der Waals surface area contributed by atoms with E-state index in [0.717, 1.165) is 41.2 Å². The summed E-state index contributed by atoms with van der Waals surface area (Å²) < 4.78 is 16.6. The van der Waals surface area contributed by atoms with Crippen LogP contribution in [0, 0.1) is 0 Å². The van der Waals surface area contributed by atoms with Gasteiger partial charge in [-0.15, -0.1) is 11.3 Å².